The number of nitrogens with one attached hydrogen (secondary N) is 1. The van der Waals surface area contributed by atoms with Crippen LogP contribution < -0.4 is 10.1 Å². The number of anilines is 1. The van der Waals surface area contributed by atoms with Gasteiger partial charge in [0.1, 0.15) is 11.3 Å². The van der Waals surface area contributed by atoms with E-state index in [2.05, 4.69) is 15.5 Å². The molecular formula is C11H10N4O4S2. The van der Waals surface area contributed by atoms with Crippen LogP contribution in [0.15, 0.2) is 28.0 Å². The second kappa shape index (κ2) is 6.99. The maximum absolute atomic E-state index is 11.8. The van der Waals surface area contributed by atoms with Gasteiger partial charge in [0, 0.05) is 6.07 Å². The third-order valence-corrected chi connectivity index (χ3v) is 4.20. The fraction of sp³-hybridized carbons (Fsp3) is 0.182. The van der Waals surface area contributed by atoms with Crippen LogP contribution in [0, 0.1) is 10.1 Å². The Balaban J connectivity index is 2.01. The summed E-state index contributed by atoms with van der Waals surface area (Å²) in [5.74, 6) is 0.135. The number of amides is 1. The van der Waals surface area contributed by atoms with E-state index in [1.807, 2.05) is 0 Å². The van der Waals surface area contributed by atoms with E-state index in [-0.39, 0.29) is 23.1 Å². The lowest BCUT2D eigenvalue weighted by atomic mass is 10.2. The van der Waals surface area contributed by atoms with Gasteiger partial charge in [-0.2, -0.15) is 0 Å². The number of carbonyl (C=O) groups is 1. The quantitative estimate of drug-likeness (QED) is 0.492. The van der Waals surface area contributed by atoms with Crippen LogP contribution in [0.2, 0.25) is 0 Å². The Labute approximate surface area is 127 Å². The minimum atomic E-state index is -0.528. The van der Waals surface area contributed by atoms with Gasteiger partial charge in [-0.15, -0.1) is 10.2 Å². The highest BCUT2D eigenvalue weighted by molar-refractivity contribution is 8.01. The average Bonchev–Trinajstić information content (AvgIpc) is 2.98. The molecule has 0 spiro atoms. The van der Waals surface area contributed by atoms with Gasteiger partial charge in [-0.05, 0) is 6.07 Å². The summed E-state index contributed by atoms with van der Waals surface area (Å²) in [7, 11) is 1.38. The Morgan fingerprint density at radius 3 is 3.00 bits per heavy atom. The van der Waals surface area contributed by atoms with Gasteiger partial charge in [0.2, 0.25) is 5.91 Å². The minimum absolute atomic E-state index is 0.104. The number of benzene rings is 1. The molecule has 0 atom stereocenters. The first-order valence-corrected chi connectivity index (χ1v) is 7.48. The van der Waals surface area contributed by atoms with Crippen molar-refractivity contribution in [2.24, 2.45) is 0 Å². The van der Waals surface area contributed by atoms with Crippen molar-refractivity contribution in [2.45, 2.75) is 4.34 Å². The zero-order valence-electron chi connectivity index (χ0n) is 10.8. The number of aromatic nitrogens is 2. The minimum Gasteiger partial charge on any atom is -0.494 e. The number of methoxy groups -OCH3 is 1. The van der Waals surface area contributed by atoms with E-state index in [1.54, 1.807) is 5.51 Å². The fourth-order valence-electron chi connectivity index (χ4n) is 1.44. The average molecular weight is 326 g/mol. The number of hydrogen-bond acceptors (Lipinski definition) is 8. The Morgan fingerprint density at radius 1 is 1.57 bits per heavy atom. The molecule has 0 saturated heterocycles. The molecule has 0 bridgehead atoms. The van der Waals surface area contributed by atoms with Crippen LogP contribution in [0.3, 0.4) is 0 Å². The van der Waals surface area contributed by atoms with E-state index in [9.17, 15) is 14.9 Å². The van der Waals surface area contributed by atoms with E-state index in [0.29, 0.717) is 10.0 Å². The number of nitro benzene ring substituents is 1. The predicted octanol–water partition coefficient (Wildman–Crippen LogP) is 2.19. The molecule has 0 aliphatic heterocycles. The van der Waals surface area contributed by atoms with Crippen molar-refractivity contribution in [3.8, 4) is 5.75 Å². The van der Waals surface area contributed by atoms with E-state index >= 15 is 0 Å². The van der Waals surface area contributed by atoms with Gasteiger partial charge in [0.25, 0.3) is 5.69 Å². The summed E-state index contributed by atoms with van der Waals surface area (Å²) in [4.78, 5) is 22.0. The maximum Gasteiger partial charge on any atom is 0.273 e. The largest absolute Gasteiger partial charge is 0.494 e. The van der Waals surface area contributed by atoms with E-state index < -0.39 is 4.92 Å². The van der Waals surface area contributed by atoms with Crippen molar-refractivity contribution < 1.29 is 14.5 Å². The summed E-state index contributed by atoms with van der Waals surface area (Å²) in [5.41, 5.74) is 1.86. The van der Waals surface area contributed by atoms with Gasteiger partial charge >= 0.3 is 0 Å². The SMILES string of the molecule is COc1cc([N+](=O)[O-])ccc1NC(=O)CSc1nncs1. The molecular weight excluding hydrogens is 316 g/mol. The van der Waals surface area contributed by atoms with Crippen LogP contribution >= 0.6 is 23.1 Å². The van der Waals surface area contributed by atoms with Crippen molar-refractivity contribution in [3.63, 3.8) is 0 Å². The normalized spacial score (nSPS) is 10.1. The number of hydrogen-bond donors (Lipinski definition) is 1. The van der Waals surface area contributed by atoms with Crippen LogP contribution in [0.25, 0.3) is 0 Å². The topological polar surface area (TPSA) is 107 Å². The van der Waals surface area contributed by atoms with Gasteiger partial charge < -0.3 is 10.1 Å². The molecule has 1 N–H and O–H groups in total. The lowest BCUT2D eigenvalue weighted by Crippen LogP contribution is -2.14. The van der Waals surface area contributed by atoms with Gasteiger partial charge in [0.15, 0.2) is 4.34 Å². The predicted molar refractivity (Wildman–Crippen MR) is 78.9 cm³/mol. The first-order chi connectivity index (χ1) is 10.1. The second-order valence-corrected chi connectivity index (χ2v) is 5.74. The molecule has 2 rings (SSSR count). The molecule has 0 radical (unpaired) electrons. The molecule has 1 amide bonds. The molecule has 21 heavy (non-hydrogen) atoms. The summed E-state index contributed by atoms with van der Waals surface area (Å²) in [6, 6.07) is 3.99. The fourth-order valence-corrected chi connectivity index (χ4v) is 2.72. The maximum atomic E-state index is 11.8. The molecule has 0 saturated carbocycles. The lowest BCUT2D eigenvalue weighted by Gasteiger charge is -2.09. The molecule has 0 unspecified atom stereocenters. The first-order valence-electron chi connectivity index (χ1n) is 5.61. The zero-order valence-corrected chi connectivity index (χ0v) is 12.4. The Bertz CT molecular complexity index is 648. The highest BCUT2D eigenvalue weighted by atomic mass is 32.2. The molecule has 1 aromatic heterocycles. The Hall–Kier alpha value is -2.20. The van der Waals surface area contributed by atoms with Crippen LogP contribution in [-0.4, -0.2) is 33.9 Å². The number of nitrogens with zero attached hydrogens (tertiary/aromatic N) is 3. The number of nitro groups is 1. The number of thioether (sulfide) groups is 1. The Kier molecular flexibility index (Phi) is 5.06. The van der Waals surface area contributed by atoms with Crippen LogP contribution in [-0.2, 0) is 4.79 Å². The first kappa shape index (κ1) is 15.2. The van der Waals surface area contributed by atoms with E-state index in [0.717, 1.165) is 0 Å². The number of carbonyl (C=O) groups excluding carboxylic acids is 1. The molecule has 0 aliphatic carbocycles. The summed E-state index contributed by atoms with van der Waals surface area (Å²) < 4.78 is 5.74. The Morgan fingerprint density at radius 2 is 2.38 bits per heavy atom. The molecule has 1 aromatic carbocycles. The van der Waals surface area contributed by atoms with E-state index in [4.69, 9.17) is 4.74 Å². The molecule has 10 heteroatoms. The van der Waals surface area contributed by atoms with E-state index in [1.165, 1.54) is 48.4 Å². The monoisotopic (exact) mass is 326 g/mol. The highest BCUT2D eigenvalue weighted by Gasteiger charge is 2.13. The summed E-state index contributed by atoms with van der Waals surface area (Å²) in [6.07, 6.45) is 0. The number of ether oxygens (including phenoxy) is 1. The van der Waals surface area contributed by atoms with Crippen molar-refractivity contribution >= 4 is 40.4 Å². The zero-order chi connectivity index (χ0) is 15.2. The van der Waals surface area contributed by atoms with Crippen molar-refractivity contribution in [1.29, 1.82) is 0 Å². The lowest BCUT2D eigenvalue weighted by molar-refractivity contribution is -0.384. The summed E-state index contributed by atoms with van der Waals surface area (Å²) in [6.45, 7) is 0. The number of non-ortho nitro benzene ring substituents is 1. The van der Waals surface area contributed by atoms with Crippen molar-refractivity contribution in [3.05, 3.63) is 33.8 Å². The number of rotatable bonds is 6. The molecule has 0 aliphatic rings. The molecule has 8 nitrogen and oxygen atoms in total. The molecule has 0 fully saturated rings. The second-order valence-electron chi connectivity index (χ2n) is 3.68. The van der Waals surface area contributed by atoms with Crippen LogP contribution in [0.4, 0.5) is 11.4 Å². The van der Waals surface area contributed by atoms with Gasteiger partial charge in [-0.1, -0.05) is 23.1 Å². The smallest absolute Gasteiger partial charge is 0.273 e. The molecule has 110 valence electrons. The van der Waals surface area contributed by atoms with Crippen molar-refractivity contribution in [1.82, 2.24) is 10.2 Å². The highest BCUT2D eigenvalue weighted by Crippen LogP contribution is 2.29. The van der Waals surface area contributed by atoms with Gasteiger partial charge in [-0.25, -0.2) is 0 Å². The van der Waals surface area contributed by atoms with Gasteiger partial charge in [-0.3, -0.25) is 14.9 Å². The third-order valence-electron chi connectivity index (χ3n) is 2.34. The third kappa shape index (κ3) is 4.13. The van der Waals surface area contributed by atoms with Crippen molar-refractivity contribution in [2.75, 3.05) is 18.2 Å². The summed E-state index contributed by atoms with van der Waals surface area (Å²) in [5, 5.41) is 20.8. The molecule has 2 aromatic rings. The van der Waals surface area contributed by atoms with Crippen LogP contribution in [0.5, 0.6) is 5.75 Å². The van der Waals surface area contributed by atoms with Gasteiger partial charge in [0.05, 0.1) is 29.5 Å². The summed E-state index contributed by atoms with van der Waals surface area (Å²) >= 11 is 2.60. The standard InChI is InChI=1S/C11H10N4O4S2/c1-19-9-4-7(15(17)18)2-3-8(9)13-10(16)5-20-11-14-12-6-21-11/h2-4,6H,5H2,1H3,(H,13,16). The molecule has 1 heterocycles. The van der Waals surface area contributed by atoms with Crippen LogP contribution in [0.1, 0.15) is 0 Å².